The summed E-state index contributed by atoms with van der Waals surface area (Å²) in [5.41, 5.74) is 1.07. The van der Waals surface area contributed by atoms with E-state index < -0.39 is 0 Å². The normalized spacial score (nSPS) is 17.6. The first-order valence-corrected chi connectivity index (χ1v) is 6.52. The second-order valence-corrected chi connectivity index (χ2v) is 4.62. The first kappa shape index (κ1) is 11.8. The van der Waals surface area contributed by atoms with Crippen LogP contribution in [0.4, 0.5) is 5.00 Å². The Morgan fingerprint density at radius 1 is 1.44 bits per heavy atom. The summed E-state index contributed by atoms with van der Waals surface area (Å²) >= 11 is 1.45. The van der Waals surface area contributed by atoms with Crippen molar-refractivity contribution in [3.63, 3.8) is 0 Å². The maximum Gasteiger partial charge on any atom is 0.134 e. The number of morpholine rings is 1. The molecule has 5 nitrogen and oxygen atoms in total. The fraction of sp³-hybridized carbons (Fsp3) is 0.800. The van der Waals surface area contributed by atoms with Gasteiger partial charge in [0.1, 0.15) is 10.7 Å². The first-order chi connectivity index (χ1) is 7.90. The van der Waals surface area contributed by atoms with Crippen LogP contribution in [0, 0.1) is 0 Å². The van der Waals surface area contributed by atoms with Gasteiger partial charge in [-0.15, -0.1) is 5.10 Å². The Bertz CT molecular complexity index is 312. The molecule has 0 atom stereocenters. The third-order valence-electron chi connectivity index (χ3n) is 2.57. The fourth-order valence-electron chi connectivity index (χ4n) is 1.66. The van der Waals surface area contributed by atoms with Gasteiger partial charge < -0.3 is 10.1 Å². The zero-order chi connectivity index (χ0) is 11.2. The van der Waals surface area contributed by atoms with Crippen molar-refractivity contribution in [3.05, 3.63) is 5.69 Å². The number of nitrogens with one attached hydrogen (secondary N) is 1. The van der Waals surface area contributed by atoms with Gasteiger partial charge in [0.2, 0.25) is 0 Å². The summed E-state index contributed by atoms with van der Waals surface area (Å²) in [5, 5.41) is 8.67. The lowest BCUT2D eigenvalue weighted by molar-refractivity contribution is 0.0337. The predicted octanol–water partition coefficient (Wildman–Crippen LogP) is 1.19. The van der Waals surface area contributed by atoms with Crippen LogP contribution in [-0.4, -0.2) is 47.3 Å². The largest absolute Gasteiger partial charge is 0.379 e. The SMILES string of the molecule is CCCNc1snnc1CN1CCOCC1. The van der Waals surface area contributed by atoms with E-state index in [9.17, 15) is 0 Å². The van der Waals surface area contributed by atoms with Gasteiger partial charge >= 0.3 is 0 Å². The second-order valence-electron chi connectivity index (χ2n) is 3.86. The van der Waals surface area contributed by atoms with Crippen LogP contribution in [-0.2, 0) is 11.3 Å². The van der Waals surface area contributed by atoms with Gasteiger partial charge in [-0.2, -0.15) is 0 Å². The Hall–Kier alpha value is -0.720. The molecule has 90 valence electrons. The van der Waals surface area contributed by atoms with Crippen molar-refractivity contribution < 1.29 is 4.74 Å². The van der Waals surface area contributed by atoms with E-state index in [4.69, 9.17) is 4.74 Å². The van der Waals surface area contributed by atoms with E-state index >= 15 is 0 Å². The third kappa shape index (κ3) is 3.13. The van der Waals surface area contributed by atoms with Crippen LogP contribution in [0.1, 0.15) is 19.0 Å². The lowest BCUT2D eigenvalue weighted by Gasteiger charge is -2.25. The summed E-state index contributed by atoms with van der Waals surface area (Å²) in [6.07, 6.45) is 1.12. The minimum atomic E-state index is 0.829. The molecule has 1 aromatic rings. The molecule has 0 unspecified atom stereocenters. The zero-order valence-electron chi connectivity index (χ0n) is 9.61. The Morgan fingerprint density at radius 3 is 3.00 bits per heavy atom. The lowest BCUT2D eigenvalue weighted by atomic mass is 10.3. The van der Waals surface area contributed by atoms with Gasteiger partial charge in [0.05, 0.1) is 13.2 Å². The van der Waals surface area contributed by atoms with Crippen molar-refractivity contribution >= 4 is 16.5 Å². The average Bonchev–Trinajstić information content (AvgIpc) is 2.75. The highest BCUT2D eigenvalue weighted by Crippen LogP contribution is 2.19. The molecular weight excluding hydrogens is 224 g/mol. The molecule has 0 radical (unpaired) electrons. The standard InChI is InChI=1S/C10H18N4OS/c1-2-3-11-10-9(12-13-16-10)8-14-4-6-15-7-5-14/h11H,2-8H2,1H3. The number of rotatable bonds is 5. The van der Waals surface area contributed by atoms with Crippen molar-refractivity contribution in [2.45, 2.75) is 19.9 Å². The van der Waals surface area contributed by atoms with Gasteiger partial charge in [-0.05, 0) is 6.42 Å². The molecule has 0 bridgehead atoms. The molecule has 0 saturated carbocycles. The monoisotopic (exact) mass is 242 g/mol. The zero-order valence-corrected chi connectivity index (χ0v) is 10.4. The minimum Gasteiger partial charge on any atom is -0.379 e. The van der Waals surface area contributed by atoms with Gasteiger partial charge in [0.25, 0.3) is 0 Å². The van der Waals surface area contributed by atoms with Gasteiger partial charge in [-0.25, -0.2) is 0 Å². The molecule has 1 N–H and O–H groups in total. The molecule has 2 rings (SSSR count). The van der Waals surface area contributed by atoms with Crippen LogP contribution in [0.3, 0.4) is 0 Å². The number of ether oxygens (including phenoxy) is 1. The summed E-state index contributed by atoms with van der Waals surface area (Å²) in [6, 6.07) is 0. The van der Waals surface area contributed by atoms with Crippen molar-refractivity contribution in [1.82, 2.24) is 14.5 Å². The Morgan fingerprint density at radius 2 is 2.25 bits per heavy atom. The summed E-state index contributed by atoms with van der Waals surface area (Å²) < 4.78 is 9.34. The Balaban J connectivity index is 1.89. The van der Waals surface area contributed by atoms with Gasteiger partial charge in [0, 0.05) is 37.7 Å². The van der Waals surface area contributed by atoms with Crippen molar-refractivity contribution in [1.29, 1.82) is 0 Å². The molecule has 0 aromatic carbocycles. The molecule has 1 aliphatic rings. The molecule has 0 aliphatic carbocycles. The van der Waals surface area contributed by atoms with Crippen molar-refractivity contribution in [2.75, 3.05) is 38.2 Å². The lowest BCUT2D eigenvalue weighted by Crippen LogP contribution is -2.35. The molecule has 2 heterocycles. The molecule has 16 heavy (non-hydrogen) atoms. The summed E-state index contributed by atoms with van der Waals surface area (Å²) in [4.78, 5) is 2.36. The number of hydrogen-bond donors (Lipinski definition) is 1. The average molecular weight is 242 g/mol. The molecule has 0 spiro atoms. The van der Waals surface area contributed by atoms with E-state index in [0.717, 1.165) is 56.5 Å². The van der Waals surface area contributed by atoms with Gasteiger partial charge in [-0.3, -0.25) is 4.90 Å². The smallest absolute Gasteiger partial charge is 0.134 e. The highest BCUT2D eigenvalue weighted by Gasteiger charge is 2.15. The second kappa shape index (κ2) is 6.12. The number of nitrogens with zero attached hydrogens (tertiary/aromatic N) is 3. The molecule has 1 saturated heterocycles. The molecule has 1 aliphatic heterocycles. The van der Waals surface area contributed by atoms with Gasteiger partial charge in [0.15, 0.2) is 0 Å². The van der Waals surface area contributed by atoms with E-state index in [0.29, 0.717) is 0 Å². The van der Waals surface area contributed by atoms with Crippen LogP contribution in [0.2, 0.25) is 0 Å². The quantitative estimate of drug-likeness (QED) is 0.840. The minimum absolute atomic E-state index is 0.829. The van der Waals surface area contributed by atoms with E-state index in [1.165, 1.54) is 11.5 Å². The topological polar surface area (TPSA) is 50.3 Å². The predicted molar refractivity (Wildman–Crippen MR) is 64.8 cm³/mol. The van der Waals surface area contributed by atoms with Crippen molar-refractivity contribution in [2.24, 2.45) is 0 Å². The number of anilines is 1. The van der Waals surface area contributed by atoms with E-state index in [2.05, 4.69) is 26.7 Å². The van der Waals surface area contributed by atoms with Crippen LogP contribution < -0.4 is 5.32 Å². The number of hydrogen-bond acceptors (Lipinski definition) is 6. The Labute approximate surface area is 100.0 Å². The fourth-order valence-corrected chi connectivity index (χ4v) is 2.25. The molecule has 1 fully saturated rings. The van der Waals surface area contributed by atoms with Gasteiger partial charge in [-0.1, -0.05) is 11.4 Å². The molecular formula is C10H18N4OS. The first-order valence-electron chi connectivity index (χ1n) is 5.75. The molecule has 1 aromatic heterocycles. The van der Waals surface area contributed by atoms with E-state index in [1.807, 2.05) is 0 Å². The number of aromatic nitrogens is 2. The van der Waals surface area contributed by atoms with Crippen molar-refractivity contribution in [3.8, 4) is 0 Å². The highest BCUT2D eigenvalue weighted by molar-refractivity contribution is 7.10. The van der Waals surface area contributed by atoms with Crippen LogP contribution in [0.25, 0.3) is 0 Å². The highest BCUT2D eigenvalue weighted by atomic mass is 32.1. The summed E-state index contributed by atoms with van der Waals surface area (Å²) in [5.74, 6) is 0. The van der Waals surface area contributed by atoms with Crippen LogP contribution >= 0.6 is 11.5 Å². The summed E-state index contributed by atoms with van der Waals surface area (Å²) in [7, 11) is 0. The van der Waals surface area contributed by atoms with E-state index in [1.54, 1.807) is 0 Å². The summed E-state index contributed by atoms with van der Waals surface area (Å²) in [6.45, 7) is 7.66. The van der Waals surface area contributed by atoms with Crippen LogP contribution in [0.15, 0.2) is 0 Å². The Kier molecular flexibility index (Phi) is 4.50. The molecule has 6 heteroatoms. The maximum atomic E-state index is 5.32. The molecule has 0 amide bonds. The maximum absolute atomic E-state index is 5.32. The van der Waals surface area contributed by atoms with E-state index in [-0.39, 0.29) is 0 Å². The van der Waals surface area contributed by atoms with Crippen LogP contribution in [0.5, 0.6) is 0 Å². The third-order valence-corrected chi connectivity index (χ3v) is 3.29.